The number of aldehydes is 1. The first-order valence-electron chi connectivity index (χ1n) is 8.60. The molecule has 0 N–H and O–H groups in total. The summed E-state index contributed by atoms with van der Waals surface area (Å²) in [6.07, 6.45) is 8.45. The maximum atomic E-state index is 11.6. The van der Waals surface area contributed by atoms with Crippen molar-refractivity contribution >= 4 is 6.29 Å². The molecule has 0 bridgehead atoms. The molecule has 20 heavy (non-hydrogen) atoms. The lowest BCUT2D eigenvalue weighted by Gasteiger charge is -2.37. The molecule has 1 rings (SSSR count). The van der Waals surface area contributed by atoms with Gasteiger partial charge in [0.25, 0.3) is 0 Å². The molecule has 1 aliphatic rings. The number of nitrogens with zero attached hydrogens (tertiary/aromatic N) is 2. The van der Waals surface area contributed by atoms with Crippen LogP contribution in [0.5, 0.6) is 0 Å². The largest absolute Gasteiger partial charge is 0.304 e. The van der Waals surface area contributed by atoms with Crippen LogP contribution in [0, 0.1) is 5.41 Å². The molecular weight excluding hydrogens is 248 g/mol. The van der Waals surface area contributed by atoms with Gasteiger partial charge in [0.15, 0.2) is 0 Å². The van der Waals surface area contributed by atoms with E-state index in [1.54, 1.807) is 0 Å². The molecule has 3 nitrogen and oxygen atoms in total. The van der Waals surface area contributed by atoms with Crippen molar-refractivity contribution < 1.29 is 4.79 Å². The summed E-state index contributed by atoms with van der Waals surface area (Å²) < 4.78 is 0. The van der Waals surface area contributed by atoms with E-state index in [4.69, 9.17) is 0 Å². The van der Waals surface area contributed by atoms with Crippen LogP contribution < -0.4 is 0 Å². The van der Waals surface area contributed by atoms with Gasteiger partial charge < -0.3 is 14.6 Å². The van der Waals surface area contributed by atoms with E-state index in [-0.39, 0.29) is 5.41 Å². The van der Waals surface area contributed by atoms with Gasteiger partial charge in [-0.15, -0.1) is 0 Å². The average Bonchev–Trinajstić information content (AvgIpc) is 2.51. The number of rotatable bonds is 10. The van der Waals surface area contributed by atoms with Crippen LogP contribution in [0.25, 0.3) is 0 Å². The Morgan fingerprint density at radius 1 is 0.900 bits per heavy atom. The van der Waals surface area contributed by atoms with Crippen LogP contribution in [0.2, 0.25) is 0 Å². The highest BCUT2D eigenvalue weighted by Gasteiger charge is 2.33. The number of carbonyl (C=O) groups excluding carboxylic acids is 1. The average molecular weight is 282 g/mol. The van der Waals surface area contributed by atoms with Crippen molar-refractivity contribution in [3.8, 4) is 0 Å². The molecule has 0 saturated heterocycles. The first-order chi connectivity index (χ1) is 9.69. The highest BCUT2D eigenvalue weighted by molar-refractivity contribution is 5.60. The van der Waals surface area contributed by atoms with Gasteiger partial charge in [0, 0.05) is 12.0 Å². The Morgan fingerprint density at radius 2 is 1.45 bits per heavy atom. The molecule has 1 saturated carbocycles. The van der Waals surface area contributed by atoms with E-state index in [2.05, 4.69) is 30.6 Å². The summed E-state index contributed by atoms with van der Waals surface area (Å²) in [4.78, 5) is 16.5. The van der Waals surface area contributed by atoms with Crippen LogP contribution >= 0.6 is 0 Å². The number of hydrogen-bond acceptors (Lipinski definition) is 3. The molecule has 0 radical (unpaired) electrons. The van der Waals surface area contributed by atoms with E-state index in [1.807, 2.05) is 0 Å². The normalized spacial score (nSPS) is 18.6. The molecule has 0 aromatic heterocycles. The fourth-order valence-corrected chi connectivity index (χ4v) is 3.42. The summed E-state index contributed by atoms with van der Waals surface area (Å²) in [7, 11) is 0. The predicted octanol–water partition coefficient (Wildman–Crippen LogP) is 3.19. The molecule has 0 aliphatic heterocycles. The van der Waals surface area contributed by atoms with E-state index in [1.165, 1.54) is 38.5 Å². The van der Waals surface area contributed by atoms with Crippen molar-refractivity contribution in [2.24, 2.45) is 5.41 Å². The van der Waals surface area contributed by atoms with Gasteiger partial charge in [-0.05, 0) is 52.0 Å². The zero-order chi connectivity index (χ0) is 14.8. The molecular formula is C17H34N2O. The molecule has 3 heteroatoms. The first kappa shape index (κ1) is 17.6. The third-order valence-electron chi connectivity index (χ3n) is 4.93. The van der Waals surface area contributed by atoms with Crippen molar-refractivity contribution in [3.63, 3.8) is 0 Å². The monoisotopic (exact) mass is 282 g/mol. The summed E-state index contributed by atoms with van der Waals surface area (Å²) in [6, 6.07) is 0. The lowest BCUT2D eigenvalue weighted by molar-refractivity contribution is -0.119. The molecule has 0 heterocycles. The van der Waals surface area contributed by atoms with Gasteiger partial charge in [0.05, 0.1) is 0 Å². The Hall–Kier alpha value is -0.410. The SMILES string of the molecule is CCN(CC)CCCN(CC)CC1(C=O)CCCCC1. The van der Waals surface area contributed by atoms with Crippen molar-refractivity contribution in [3.05, 3.63) is 0 Å². The van der Waals surface area contributed by atoms with Gasteiger partial charge >= 0.3 is 0 Å². The Balaban J connectivity index is 2.39. The van der Waals surface area contributed by atoms with Crippen LogP contribution in [0.4, 0.5) is 0 Å². The van der Waals surface area contributed by atoms with Crippen LogP contribution in [0.15, 0.2) is 0 Å². The predicted molar refractivity (Wildman–Crippen MR) is 86.1 cm³/mol. The Bertz CT molecular complexity index is 258. The third-order valence-corrected chi connectivity index (χ3v) is 4.93. The molecule has 1 aliphatic carbocycles. The summed E-state index contributed by atoms with van der Waals surface area (Å²) in [5.74, 6) is 0. The van der Waals surface area contributed by atoms with Gasteiger partial charge in [0.1, 0.15) is 6.29 Å². The molecule has 0 unspecified atom stereocenters. The summed E-state index contributed by atoms with van der Waals surface area (Å²) in [5.41, 5.74) is -0.0382. The van der Waals surface area contributed by atoms with Gasteiger partial charge in [-0.2, -0.15) is 0 Å². The quantitative estimate of drug-likeness (QED) is 0.575. The maximum Gasteiger partial charge on any atom is 0.127 e. The fraction of sp³-hybridized carbons (Fsp3) is 0.941. The van der Waals surface area contributed by atoms with E-state index >= 15 is 0 Å². The van der Waals surface area contributed by atoms with Gasteiger partial charge in [-0.25, -0.2) is 0 Å². The lowest BCUT2D eigenvalue weighted by atomic mass is 9.75. The van der Waals surface area contributed by atoms with Crippen LogP contribution in [0.3, 0.4) is 0 Å². The summed E-state index contributed by atoms with van der Waals surface area (Å²) in [6.45, 7) is 13.3. The Kier molecular flexibility index (Phi) is 8.39. The van der Waals surface area contributed by atoms with Crippen LogP contribution in [0.1, 0.15) is 59.3 Å². The lowest BCUT2D eigenvalue weighted by Crippen LogP contribution is -2.41. The smallest absolute Gasteiger partial charge is 0.127 e. The molecule has 0 aromatic carbocycles. The zero-order valence-corrected chi connectivity index (χ0v) is 13.9. The van der Waals surface area contributed by atoms with Crippen molar-refractivity contribution in [1.29, 1.82) is 0 Å². The standard InChI is InChI=1S/C17H34N2O/c1-4-18(5-2)13-10-14-19(6-3)15-17(16-20)11-8-7-9-12-17/h16H,4-15H2,1-3H3. The van der Waals surface area contributed by atoms with Gasteiger partial charge in [0.2, 0.25) is 0 Å². The minimum atomic E-state index is -0.0382. The summed E-state index contributed by atoms with van der Waals surface area (Å²) in [5, 5.41) is 0. The molecule has 0 spiro atoms. The Labute approximate surface area is 125 Å². The van der Waals surface area contributed by atoms with Crippen molar-refractivity contribution in [2.75, 3.05) is 39.3 Å². The van der Waals surface area contributed by atoms with Crippen LogP contribution in [-0.4, -0.2) is 55.4 Å². The molecule has 0 aromatic rings. The fourth-order valence-electron chi connectivity index (χ4n) is 3.42. The van der Waals surface area contributed by atoms with Crippen LogP contribution in [-0.2, 0) is 4.79 Å². The highest BCUT2D eigenvalue weighted by Crippen LogP contribution is 2.35. The van der Waals surface area contributed by atoms with E-state index in [0.29, 0.717) is 0 Å². The summed E-state index contributed by atoms with van der Waals surface area (Å²) >= 11 is 0. The van der Waals surface area contributed by atoms with E-state index in [0.717, 1.165) is 45.6 Å². The second kappa shape index (κ2) is 9.51. The molecule has 0 atom stereocenters. The van der Waals surface area contributed by atoms with Crippen molar-refractivity contribution in [2.45, 2.75) is 59.3 Å². The first-order valence-corrected chi connectivity index (χ1v) is 8.60. The Morgan fingerprint density at radius 3 is 1.95 bits per heavy atom. The second-order valence-electron chi connectivity index (χ2n) is 6.29. The zero-order valence-electron chi connectivity index (χ0n) is 13.9. The molecule has 118 valence electrons. The van der Waals surface area contributed by atoms with Crippen molar-refractivity contribution in [1.82, 2.24) is 9.80 Å². The molecule has 1 fully saturated rings. The van der Waals surface area contributed by atoms with Gasteiger partial charge in [-0.1, -0.05) is 40.0 Å². The second-order valence-corrected chi connectivity index (χ2v) is 6.29. The minimum absolute atomic E-state index is 0.0382. The third kappa shape index (κ3) is 5.53. The minimum Gasteiger partial charge on any atom is -0.304 e. The maximum absolute atomic E-state index is 11.6. The van der Waals surface area contributed by atoms with E-state index < -0.39 is 0 Å². The topological polar surface area (TPSA) is 23.6 Å². The van der Waals surface area contributed by atoms with Gasteiger partial charge in [-0.3, -0.25) is 0 Å². The number of carbonyl (C=O) groups is 1. The van der Waals surface area contributed by atoms with E-state index in [9.17, 15) is 4.79 Å². The molecule has 0 amide bonds. The highest BCUT2D eigenvalue weighted by atomic mass is 16.1. The number of hydrogen-bond donors (Lipinski definition) is 0.